The number of methoxy groups -OCH3 is 1. The third kappa shape index (κ3) is 2.37. The molecule has 0 aliphatic carbocycles. The molecule has 102 valence electrons. The zero-order valence-corrected chi connectivity index (χ0v) is 12.5. The molecule has 3 rings (SSSR count). The number of amides is 1. The SMILES string of the molecule is COc1ccc2nc(NC(=O)c3sccc3C)sc2n1. The minimum atomic E-state index is -0.136. The summed E-state index contributed by atoms with van der Waals surface area (Å²) < 4.78 is 5.07. The van der Waals surface area contributed by atoms with Gasteiger partial charge in [-0.3, -0.25) is 10.1 Å². The number of thiazole rings is 1. The van der Waals surface area contributed by atoms with Crippen molar-refractivity contribution in [3.8, 4) is 5.88 Å². The highest BCUT2D eigenvalue weighted by atomic mass is 32.1. The number of carbonyl (C=O) groups is 1. The third-order valence-corrected chi connectivity index (χ3v) is 4.62. The van der Waals surface area contributed by atoms with Crippen molar-refractivity contribution in [1.29, 1.82) is 0 Å². The first-order valence-corrected chi connectivity index (χ1v) is 7.54. The summed E-state index contributed by atoms with van der Waals surface area (Å²) in [6.45, 7) is 1.91. The lowest BCUT2D eigenvalue weighted by Crippen LogP contribution is -2.10. The van der Waals surface area contributed by atoms with Crippen molar-refractivity contribution in [2.24, 2.45) is 0 Å². The second-order valence-corrected chi connectivity index (χ2v) is 5.98. The van der Waals surface area contributed by atoms with Gasteiger partial charge in [-0.15, -0.1) is 11.3 Å². The monoisotopic (exact) mass is 305 g/mol. The summed E-state index contributed by atoms with van der Waals surface area (Å²) in [6.07, 6.45) is 0. The van der Waals surface area contributed by atoms with Gasteiger partial charge >= 0.3 is 0 Å². The number of anilines is 1. The first-order chi connectivity index (χ1) is 9.67. The summed E-state index contributed by atoms with van der Waals surface area (Å²) in [5.41, 5.74) is 1.71. The number of thiophene rings is 1. The Morgan fingerprint density at radius 3 is 2.85 bits per heavy atom. The van der Waals surface area contributed by atoms with Crippen molar-refractivity contribution in [2.45, 2.75) is 6.92 Å². The van der Waals surface area contributed by atoms with E-state index in [9.17, 15) is 4.79 Å². The predicted octanol–water partition coefficient (Wildman–Crippen LogP) is 3.32. The number of ether oxygens (including phenoxy) is 1. The molecule has 0 radical (unpaired) electrons. The zero-order chi connectivity index (χ0) is 14.1. The second kappa shape index (κ2) is 5.18. The highest BCUT2D eigenvalue weighted by Gasteiger charge is 2.13. The first kappa shape index (κ1) is 13.0. The fraction of sp³-hybridized carbons (Fsp3) is 0.154. The Kier molecular flexibility index (Phi) is 3.37. The van der Waals surface area contributed by atoms with Crippen molar-refractivity contribution in [2.75, 3.05) is 12.4 Å². The van der Waals surface area contributed by atoms with E-state index in [0.29, 0.717) is 15.9 Å². The van der Waals surface area contributed by atoms with E-state index < -0.39 is 0 Å². The van der Waals surface area contributed by atoms with Gasteiger partial charge in [0.05, 0.1) is 12.0 Å². The number of rotatable bonds is 3. The van der Waals surface area contributed by atoms with Crippen LogP contribution in [0.2, 0.25) is 0 Å². The second-order valence-electron chi connectivity index (χ2n) is 4.08. The van der Waals surface area contributed by atoms with E-state index in [2.05, 4.69) is 15.3 Å². The molecule has 0 saturated carbocycles. The molecule has 0 aliphatic rings. The van der Waals surface area contributed by atoms with Crippen LogP contribution < -0.4 is 10.1 Å². The predicted molar refractivity (Wildman–Crippen MR) is 81.0 cm³/mol. The van der Waals surface area contributed by atoms with Crippen LogP contribution in [0, 0.1) is 6.92 Å². The van der Waals surface area contributed by atoms with Crippen LogP contribution in [0.1, 0.15) is 15.2 Å². The van der Waals surface area contributed by atoms with Gasteiger partial charge in [0.15, 0.2) is 5.13 Å². The molecule has 1 amide bonds. The molecule has 0 aromatic carbocycles. The molecule has 20 heavy (non-hydrogen) atoms. The number of aryl methyl sites for hydroxylation is 1. The van der Waals surface area contributed by atoms with Gasteiger partial charge < -0.3 is 4.74 Å². The topological polar surface area (TPSA) is 64.1 Å². The van der Waals surface area contributed by atoms with Gasteiger partial charge in [-0.2, -0.15) is 0 Å². The maximum atomic E-state index is 12.1. The summed E-state index contributed by atoms with van der Waals surface area (Å²) in [7, 11) is 1.57. The summed E-state index contributed by atoms with van der Waals surface area (Å²) in [6, 6.07) is 5.49. The van der Waals surface area contributed by atoms with Crippen molar-refractivity contribution in [3.63, 3.8) is 0 Å². The number of nitrogens with zero attached hydrogens (tertiary/aromatic N) is 2. The number of nitrogens with one attached hydrogen (secondary N) is 1. The molecule has 0 unspecified atom stereocenters. The molecule has 0 spiro atoms. The number of carbonyl (C=O) groups excluding carboxylic acids is 1. The van der Waals surface area contributed by atoms with Crippen molar-refractivity contribution >= 4 is 44.1 Å². The van der Waals surface area contributed by atoms with Crippen LogP contribution in [0.25, 0.3) is 10.3 Å². The molecule has 5 nitrogen and oxygen atoms in total. The molecule has 7 heteroatoms. The van der Waals surface area contributed by atoms with Gasteiger partial charge in [0.1, 0.15) is 10.3 Å². The van der Waals surface area contributed by atoms with E-state index in [4.69, 9.17) is 4.74 Å². The molecular formula is C13H11N3O2S2. The maximum absolute atomic E-state index is 12.1. The zero-order valence-electron chi connectivity index (χ0n) is 10.8. The average molecular weight is 305 g/mol. The van der Waals surface area contributed by atoms with E-state index >= 15 is 0 Å². The van der Waals surface area contributed by atoms with Crippen molar-refractivity contribution < 1.29 is 9.53 Å². The molecule has 0 atom stereocenters. The first-order valence-electron chi connectivity index (χ1n) is 5.84. The van der Waals surface area contributed by atoms with Gasteiger partial charge in [-0.05, 0) is 30.0 Å². The lowest BCUT2D eigenvalue weighted by atomic mass is 10.3. The third-order valence-electron chi connectivity index (χ3n) is 2.73. The van der Waals surface area contributed by atoms with E-state index in [0.717, 1.165) is 15.9 Å². The fourth-order valence-electron chi connectivity index (χ4n) is 1.73. The molecule has 0 fully saturated rings. The lowest BCUT2D eigenvalue weighted by Gasteiger charge is -1.99. The molecule has 3 heterocycles. The Hall–Kier alpha value is -1.99. The van der Waals surface area contributed by atoms with Gasteiger partial charge in [0.2, 0.25) is 5.88 Å². The molecule has 0 bridgehead atoms. The Morgan fingerprint density at radius 1 is 1.30 bits per heavy atom. The Bertz CT molecular complexity index is 779. The standard InChI is InChI=1S/C13H11N3O2S2/c1-7-5-6-19-10(7)11(17)16-13-14-8-3-4-9(18-2)15-12(8)20-13/h3-6H,1-2H3,(H,14,16,17). The van der Waals surface area contributed by atoms with E-state index in [1.54, 1.807) is 13.2 Å². The van der Waals surface area contributed by atoms with Crippen LogP contribution in [0.4, 0.5) is 5.13 Å². The van der Waals surface area contributed by atoms with E-state index in [1.165, 1.54) is 22.7 Å². The quantitative estimate of drug-likeness (QED) is 0.806. The average Bonchev–Trinajstić information content (AvgIpc) is 3.03. The molecule has 0 aliphatic heterocycles. The summed E-state index contributed by atoms with van der Waals surface area (Å²) >= 11 is 2.75. The number of pyridine rings is 1. The maximum Gasteiger partial charge on any atom is 0.267 e. The molecular weight excluding hydrogens is 294 g/mol. The van der Waals surface area contributed by atoms with Gasteiger partial charge in [0, 0.05) is 6.07 Å². The highest BCUT2D eigenvalue weighted by molar-refractivity contribution is 7.22. The molecule has 3 aromatic heterocycles. The van der Waals surface area contributed by atoms with Crippen LogP contribution in [-0.2, 0) is 0 Å². The van der Waals surface area contributed by atoms with Crippen molar-refractivity contribution in [3.05, 3.63) is 34.0 Å². The van der Waals surface area contributed by atoms with Gasteiger partial charge in [0.25, 0.3) is 5.91 Å². The van der Waals surface area contributed by atoms with Crippen LogP contribution in [0.15, 0.2) is 23.6 Å². The Labute approximate surface area is 123 Å². The number of hydrogen-bond donors (Lipinski definition) is 1. The minimum absolute atomic E-state index is 0.136. The van der Waals surface area contributed by atoms with Crippen LogP contribution in [0.5, 0.6) is 5.88 Å². The van der Waals surface area contributed by atoms with Gasteiger partial charge in [-0.1, -0.05) is 11.3 Å². The Balaban J connectivity index is 1.88. The number of aromatic nitrogens is 2. The van der Waals surface area contributed by atoms with Crippen LogP contribution in [0.3, 0.4) is 0 Å². The smallest absolute Gasteiger partial charge is 0.267 e. The number of hydrogen-bond acceptors (Lipinski definition) is 6. The van der Waals surface area contributed by atoms with Crippen LogP contribution >= 0.6 is 22.7 Å². The molecule has 0 saturated heterocycles. The summed E-state index contributed by atoms with van der Waals surface area (Å²) in [5, 5.41) is 5.25. The summed E-state index contributed by atoms with van der Waals surface area (Å²) in [4.78, 5) is 22.2. The lowest BCUT2D eigenvalue weighted by molar-refractivity contribution is 0.103. The molecule has 3 aromatic rings. The minimum Gasteiger partial charge on any atom is -0.481 e. The van der Waals surface area contributed by atoms with Gasteiger partial charge in [-0.25, -0.2) is 9.97 Å². The fourth-order valence-corrected chi connectivity index (χ4v) is 3.37. The number of fused-ring (bicyclic) bond motifs is 1. The largest absolute Gasteiger partial charge is 0.481 e. The van der Waals surface area contributed by atoms with Crippen LogP contribution in [-0.4, -0.2) is 23.0 Å². The summed E-state index contributed by atoms with van der Waals surface area (Å²) in [5.74, 6) is 0.400. The highest BCUT2D eigenvalue weighted by Crippen LogP contribution is 2.27. The Morgan fingerprint density at radius 2 is 2.15 bits per heavy atom. The molecule has 1 N–H and O–H groups in total. The van der Waals surface area contributed by atoms with E-state index in [-0.39, 0.29) is 5.91 Å². The normalized spacial score (nSPS) is 10.7. The van der Waals surface area contributed by atoms with E-state index in [1.807, 2.05) is 24.4 Å². The van der Waals surface area contributed by atoms with Crippen molar-refractivity contribution in [1.82, 2.24) is 9.97 Å².